The molecule has 3 amide bonds. The summed E-state index contributed by atoms with van der Waals surface area (Å²) in [6.07, 6.45) is 4.42. The van der Waals surface area contributed by atoms with Crippen molar-refractivity contribution in [3.05, 3.63) is 35.9 Å². The topological polar surface area (TPSA) is 69.7 Å². The highest BCUT2D eigenvalue weighted by Gasteiger charge is 2.35. The standard InChI is InChI=1S/C23H33N3O3/c1-3-17(2)20(24-21(27)18-9-5-4-6-10-18)23(29)26-15-11-19(12-16-26)22(28)25-13-7-8-14-25/h4-6,9-10,17,19-20H,3,7-8,11-16H2,1-2H3,(H,24,27)/t17-,20+/m1/s1. The van der Waals surface area contributed by atoms with E-state index in [2.05, 4.69) is 5.32 Å². The van der Waals surface area contributed by atoms with Crippen molar-refractivity contribution >= 4 is 17.7 Å². The van der Waals surface area contributed by atoms with Gasteiger partial charge in [0.15, 0.2) is 0 Å². The Morgan fingerprint density at radius 2 is 1.62 bits per heavy atom. The molecule has 1 N–H and O–H groups in total. The number of hydrogen-bond acceptors (Lipinski definition) is 3. The molecule has 6 nitrogen and oxygen atoms in total. The minimum atomic E-state index is -0.543. The molecule has 3 rings (SSSR count). The van der Waals surface area contributed by atoms with E-state index in [1.165, 1.54) is 0 Å². The number of nitrogens with one attached hydrogen (secondary N) is 1. The van der Waals surface area contributed by atoms with Crippen LogP contribution in [0.15, 0.2) is 30.3 Å². The lowest BCUT2D eigenvalue weighted by molar-refractivity contribution is -0.141. The zero-order valence-corrected chi connectivity index (χ0v) is 17.6. The summed E-state index contributed by atoms with van der Waals surface area (Å²) in [6, 6.07) is 8.46. The monoisotopic (exact) mass is 399 g/mol. The Morgan fingerprint density at radius 1 is 1.00 bits per heavy atom. The number of hydrogen-bond donors (Lipinski definition) is 1. The van der Waals surface area contributed by atoms with Gasteiger partial charge in [-0.1, -0.05) is 38.5 Å². The Bertz CT molecular complexity index is 707. The molecule has 2 aliphatic heterocycles. The molecular weight excluding hydrogens is 366 g/mol. The van der Waals surface area contributed by atoms with Crippen LogP contribution in [0.25, 0.3) is 0 Å². The third-order valence-corrected chi connectivity index (χ3v) is 6.38. The van der Waals surface area contributed by atoms with Gasteiger partial charge in [-0.3, -0.25) is 14.4 Å². The summed E-state index contributed by atoms with van der Waals surface area (Å²) in [5.74, 6) is 0.0710. The van der Waals surface area contributed by atoms with Crippen LogP contribution in [0.5, 0.6) is 0 Å². The van der Waals surface area contributed by atoms with Crippen LogP contribution >= 0.6 is 0 Å². The number of nitrogens with zero attached hydrogens (tertiary/aromatic N) is 2. The van der Waals surface area contributed by atoms with Crippen molar-refractivity contribution in [3.63, 3.8) is 0 Å². The van der Waals surface area contributed by atoms with Crippen molar-refractivity contribution in [1.29, 1.82) is 0 Å². The molecule has 0 spiro atoms. The van der Waals surface area contributed by atoms with Crippen molar-refractivity contribution in [2.75, 3.05) is 26.2 Å². The maximum absolute atomic E-state index is 13.2. The van der Waals surface area contributed by atoms with Crippen LogP contribution in [0.2, 0.25) is 0 Å². The molecule has 0 saturated carbocycles. The first-order valence-corrected chi connectivity index (χ1v) is 10.9. The van der Waals surface area contributed by atoms with E-state index >= 15 is 0 Å². The number of carbonyl (C=O) groups excluding carboxylic acids is 3. The van der Waals surface area contributed by atoms with Gasteiger partial charge >= 0.3 is 0 Å². The fourth-order valence-corrected chi connectivity index (χ4v) is 4.24. The van der Waals surface area contributed by atoms with E-state index < -0.39 is 6.04 Å². The van der Waals surface area contributed by atoms with Gasteiger partial charge in [-0.05, 0) is 43.7 Å². The van der Waals surface area contributed by atoms with Crippen molar-refractivity contribution in [2.45, 2.75) is 52.0 Å². The number of carbonyl (C=O) groups is 3. The van der Waals surface area contributed by atoms with E-state index in [0.29, 0.717) is 31.5 Å². The van der Waals surface area contributed by atoms with Gasteiger partial charge in [0.05, 0.1) is 0 Å². The van der Waals surface area contributed by atoms with E-state index in [4.69, 9.17) is 0 Å². The smallest absolute Gasteiger partial charge is 0.251 e. The van der Waals surface area contributed by atoms with Crippen LogP contribution in [0, 0.1) is 11.8 Å². The van der Waals surface area contributed by atoms with Gasteiger partial charge < -0.3 is 15.1 Å². The molecule has 6 heteroatoms. The van der Waals surface area contributed by atoms with Crippen molar-refractivity contribution < 1.29 is 14.4 Å². The second-order valence-corrected chi connectivity index (χ2v) is 8.33. The molecule has 2 atom stereocenters. The lowest BCUT2D eigenvalue weighted by Crippen LogP contribution is -2.54. The molecule has 0 aliphatic carbocycles. The molecule has 0 bridgehead atoms. The van der Waals surface area contributed by atoms with Gasteiger partial charge in [0, 0.05) is 37.7 Å². The van der Waals surface area contributed by atoms with Crippen molar-refractivity contribution in [3.8, 4) is 0 Å². The second kappa shape index (κ2) is 9.90. The minimum absolute atomic E-state index is 0.0260. The number of piperidine rings is 1. The van der Waals surface area contributed by atoms with E-state index in [1.54, 1.807) is 12.1 Å². The highest BCUT2D eigenvalue weighted by atomic mass is 16.2. The molecule has 1 aromatic carbocycles. The van der Waals surface area contributed by atoms with Crippen molar-refractivity contribution in [2.24, 2.45) is 11.8 Å². The Hall–Kier alpha value is -2.37. The predicted molar refractivity (Wildman–Crippen MR) is 112 cm³/mol. The minimum Gasteiger partial charge on any atom is -0.342 e. The van der Waals surface area contributed by atoms with Crippen LogP contribution < -0.4 is 5.32 Å². The fourth-order valence-electron chi connectivity index (χ4n) is 4.24. The van der Waals surface area contributed by atoms with Gasteiger partial charge in [0.1, 0.15) is 6.04 Å². The van der Waals surface area contributed by atoms with Gasteiger partial charge in [0.25, 0.3) is 5.91 Å². The van der Waals surface area contributed by atoms with Gasteiger partial charge in [-0.15, -0.1) is 0 Å². The zero-order chi connectivity index (χ0) is 20.8. The van der Waals surface area contributed by atoms with E-state index in [9.17, 15) is 14.4 Å². The summed E-state index contributed by atoms with van der Waals surface area (Å²) in [7, 11) is 0. The first-order valence-electron chi connectivity index (χ1n) is 10.9. The van der Waals surface area contributed by atoms with Gasteiger partial charge in [-0.2, -0.15) is 0 Å². The van der Waals surface area contributed by atoms with Crippen LogP contribution in [0.4, 0.5) is 0 Å². The molecular formula is C23H33N3O3. The van der Waals surface area contributed by atoms with E-state index in [1.807, 2.05) is 41.8 Å². The highest BCUT2D eigenvalue weighted by molar-refractivity contribution is 5.97. The molecule has 0 aromatic heterocycles. The summed E-state index contributed by atoms with van der Waals surface area (Å²) in [5, 5.41) is 2.95. The molecule has 2 fully saturated rings. The molecule has 0 unspecified atom stereocenters. The Balaban J connectivity index is 1.60. The summed E-state index contributed by atoms with van der Waals surface area (Å²) in [5.41, 5.74) is 0.559. The first kappa shape index (κ1) is 21.3. The average Bonchev–Trinajstić information content (AvgIpc) is 3.31. The average molecular weight is 400 g/mol. The Labute approximate surface area is 173 Å². The van der Waals surface area contributed by atoms with Crippen LogP contribution in [-0.2, 0) is 9.59 Å². The van der Waals surface area contributed by atoms with E-state index in [0.717, 1.165) is 32.4 Å². The van der Waals surface area contributed by atoms with Crippen molar-refractivity contribution in [1.82, 2.24) is 15.1 Å². The number of benzene rings is 1. The van der Waals surface area contributed by atoms with Crippen LogP contribution in [-0.4, -0.2) is 59.7 Å². The number of rotatable bonds is 6. The Kier molecular flexibility index (Phi) is 7.29. The molecule has 158 valence electrons. The maximum Gasteiger partial charge on any atom is 0.251 e. The number of likely N-dealkylation sites (tertiary alicyclic amines) is 2. The maximum atomic E-state index is 13.2. The largest absolute Gasteiger partial charge is 0.342 e. The number of amides is 3. The molecule has 1 aromatic rings. The summed E-state index contributed by atoms with van der Waals surface area (Å²) < 4.78 is 0. The summed E-state index contributed by atoms with van der Waals surface area (Å²) in [4.78, 5) is 42.3. The summed E-state index contributed by atoms with van der Waals surface area (Å²) in [6.45, 7) is 6.94. The summed E-state index contributed by atoms with van der Waals surface area (Å²) >= 11 is 0. The lowest BCUT2D eigenvalue weighted by atomic mass is 9.92. The second-order valence-electron chi connectivity index (χ2n) is 8.33. The van der Waals surface area contributed by atoms with Gasteiger partial charge in [0.2, 0.25) is 11.8 Å². The van der Waals surface area contributed by atoms with Crippen LogP contribution in [0.3, 0.4) is 0 Å². The fraction of sp³-hybridized carbons (Fsp3) is 0.609. The lowest BCUT2D eigenvalue weighted by Gasteiger charge is -2.36. The Morgan fingerprint density at radius 3 is 2.21 bits per heavy atom. The van der Waals surface area contributed by atoms with Gasteiger partial charge in [-0.25, -0.2) is 0 Å². The SMILES string of the molecule is CC[C@@H](C)[C@H](NC(=O)c1ccccc1)C(=O)N1CCC(C(=O)N2CCCC2)CC1. The molecule has 2 saturated heterocycles. The normalized spacial score (nSPS) is 19.7. The third-order valence-electron chi connectivity index (χ3n) is 6.38. The molecule has 2 heterocycles. The molecule has 29 heavy (non-hydrogen) atoms. The highest BCUT2D eigenvalue weighted by Crippen LogP contribution is 2.23. The van der Waals surface area contributed by atoms with E-state index in [-0.39, 0.29) is 29.6 Å². The quantitative estimate of drug-likeness (QED) is 0.800. The first-order chi connectivity index (χ1) is 14.0. The predicted octanol–water partition coefficient (Wildman–Crippen LogP) is 2.69. The molecule has 0 radical (unpaired) electrons. The third kappa shape index (κ3) is 5.17. The van der Waals surface area contributed by atoms with Crippen LogP contribution in [0.1, 0.15) is 56.3 Å². The zero-order valence-electron chi connectivity index (χ0n) is 17.6. The molecule has 2 aliphatic rings.